The van der Waals surface area contributed by atoms with Crippen molar-refractivity contribution in [1.82, 2.24) is 14.9 Å². The van der Waals surface area contributed by atoms with Gasteiger partial charge in [-0.1, -0.05) is 0 Å². The molecule has 0 unspecified atom stereocenters. The zero-order chi connectivity index (χ0) is 19.3. The summed E-state index contributed by atoms with van der Waals surface area (Å²) >= 11 is 0. The Hall–Kier alpha value is -1.51. The number of rotatable bonds is 9. The Morgan fingerprint density at radius 2 is 2.12 bits per heavy atom. The molecule has 2 heterocycles. The fraction of sp³-hybridized carbons (Fsp3) is 0.778. The fourth-order valence-electron chi connectivity index (χ4n) is 3.18. The van der Waals surface area contributed by atoms with E-state index in [4.69, 9.17) is 4.74 Å². The van der Waals surface area contributed by atoms with Crippen LogP contribution < -0.4 is 9.80 Å². The molecular weight excluding hydrogens is 337 g/mol. The zero-order valence-electron chi connectivity index (χ0n) is 16.5. The van der Waals surface area contributed by atoms with Gasteiger partial charge in [0.2, 0.25) is 5.95 Å². The first-order valence-corrected chi connectivity index (χ1v) is 9.15. The molecule has 0 amide bonds. The van der Waals surface area contributed by atoms with E-state index < -0.39 is 12.3 Å². The Bertz CT molecular complexity index is 560. The lowest BCUT2D eigenvalue weighted by atomic mass is 10.2. The van der Waals surface area contributed by atoms with E-state index in [-0.39, 0.29) is 12.1 Å². The summed E-state index contributed by atoms with van der Waals surface area (Å²) < 4.78 is 19.6. The van der Waals surface area contributed by atoms with Crippen LogP contribution in [0.3, 0.4) is 0 Å². The van der Waals surface area contributed by atoms with Crippen LogP contribution in [0.2, 0.25) is 0 Å². The summed E-state index contributed by atoms with van der Waals surface area (Å²) in [6.07, 6.45) is 0.829. The predicted molar refractivity (Wildman–Crippen MR) is 102 cm³/mol. The molecule has 1 saturated heterocycles. The molecule has 0 aliphatic carbocycles. The average Bonchev–Trinajstić information content (AvgIpc) is 2.93. The lowest BCUT2D eigenvalue weighted by Crippen LogP contribution is -2.42. The number of hydrogen-bond acceptors (Lipinski definition) is 7. The summed E-state index contributed by atoms with van der Waals surface area (Å²) in [6.45, 7) is 5.67. The van der Waals surface area contributed by atoms with Gasteiger partial charge in [0.05, 0.1) is 25.4 Å². The van der Waals surface area contributed by atoms with E-state index in [0.29, 0.717) is 38.6 Å². The number of nitrogens with zero attached hydrogens (tertiary/aromatic N) is 5. The summed E-state index contributed by atoms with van der Waals surface area (Å²) in [5.74, 6) is 1.35. The maximum absolute atomic E-state index is 14.1. The van der Waals surface area contributed by atoms with Crippen LogP contribution in [0, 0.1) is 0 Å². The van der Waals surface area contributed by atoms with Gasteiger partial charge in [0, 0.05) is 45.8 Å². The van der Waals surface area contributed by atoms with Gasteiger partial charge in [0.1, 0.15) is 12.0 Å². The number of aliphatic hydroxyl groups excluding tert-OH is 1. The fourth-order valence-corrected chi connectivity index (χ4v) is 3.18. The van der Waals surface area contributed by atoms with E-state index >= 15 is 0 Å². The average molecular weight is 369 g/mol. The van der Waals surface area contributed by atoms with Crippen LogP contribution in [0.15, 0.2) is 12.3 Å². The first-order chi connectivity index (χ1) is 12.3. The smallest absolute Gasteiger partial charge is 0.226 e. The van der Waals surface area contributed by atoms with Crippen molar-refractivity contribution in [3.05, 3.63) is 12.3 Å². The van der Waals surface area contributed by atoms with Crippen LogP contribution in [0.25, 0.3) is 0 Å². The number of hydrogen-bond donors (Lipinski definition) is 1. The second-order valence-electron chi connectivity index (χ2n) is 7.51. The second kappa shape index (κ2) is 9.43. The van der Waals surface area contributed by atoms with Gasteiger partial charge in [-0.15, -0.1) is 0 Å². The second-order valence-corrected chi connectivity index (χ2v) is 7.51. The van der Waals surface area contributed by atoms with E-state index in [1.165, 1.54) is 0 Å². The largest absolute Gasteiger partial charge is 0.389 e. The highest BCUT2D eigenvalue weighted by atomic mass is 19.1. The van der Waals surface area contributed by atoms with Crippen LogP contribution in [0.1, 0.15) is 20.3 Å². The molecule has 0 aromatic carbocycles. The number of aromatic nitrogens is 2. The van der Waals surface area contributed by atoms with Crippen LogP contribution in [0.4, 0.5) is 16.2 Å². The molecule has 0 radical (unpaired) electrons. The molecule has 1 N–H and O–H groups in total. The minimum atomic E-state index is -0.875. The number of anilines is 2. The van der Waals surface area contributed by atoms with Gasteiger partial charge in [0.25, 0.3) is 0 Å². The van der Waals surface area contributed by atoms with E-state index in [9.17, 15) is 9.50 Å². The van der Waals surface area contributed by atoms with Crippen LogP contribution >= 0.6 is 0 Å². The highest BCUT2D eigenvalue weighted by molar-refractivity contribution is 5.45. The molecule has 7 nitrogen and oxygen atoms in total. The first-order valence-electron chi connectivity index (χ1n) is 9.15. The molecule has 0 saturated carbocycles. The predicted octanol–water partition coefficient (Wildman–Crippen LogP) is 1.18. The Labute approximate surface area is 155 Å². The van der Waals surface area contributed by atoms with Crippen molar-refractivity contribution >= 4 is 11.8 Å². The monoisotopic (exact) mass is 369 g/mol. The third-order valence-corrected chi connectivity index (χ3v) is 4.35. The molecule has 1 aliphatic heterocycles. The molecule has 1 aromatic heterocycles. The molecule has 0 bridgehead atoms. The van der Waals surface area contributed by atoms with E-state index in [1.807, 2.05) is 55.8 Å². The zero-order valence-corrected chi connectivity index (χ0v) is 16.5. The van der Waals surface area contributed by atoms with Crippen molar-refractivity contribution < 1.29 is 14.2 Å². The van der Waals surface area contributed by atoms with Gasteiger partial charge in [-0.25, -0.2) is 9.37 Å². The highest BCUT2D eigenvalue weighted by Crippen LogP contribution is 2.27. The summed E-state index contributed by atoms with van der Waals surface area (Å²) in [4.78, 5) is 14.6. The maximum Gasteiger partial charge on any atom is 0.226 e. The van der Waals surface area contributed by atoms with Gasteiger partial charge in [-0.05, 0) is 27.0 Å². The number of halogens is 1. The highest BCUT2D eigenvalue weighted by Gasteiger charge is 2.34. The molecule has 3 atom stereocenters. The molecule has 8 heteroatoms. The molecule has 1 aromatic rings. The van der Waals surface area contributed by atoms with Crippen molar-refractivity contribution in [1.29, 1.82) is 0 Å². The number of alkyl halides is 1. The minimum Gasteiger partial charge on any atom is -0.389 e. The molecular formula is C18H32FN5O2. The van der Waals surface area contributed by atoms with Gasteiger partial charge < -0.3 is 24.5 Å². The lowest BCUT2D eigenvalue weighted by molar-refractivity contribution is -0.00602. The quantitative estimate of drug-likeness (QED) is 0.701. The number of likely N-dealkylation sites (N-methyl/N-ethyl adjacent to an activating group) is 1. The van der Waals surface area contributed by atoms with Crippen molar-refractivity contribution in [2.24, 2.45) is 0 Å². The standard InChI is InChI=1S/C18H32FN5O2/c1-13(2)26-12-16(25)11-23(5)10-15-8-14(19)9-24(15)17-6-7-20-18(21-17)22(3)4/h6-7,13-16,25H,8-12H2,1-5H3/t14-,15-,16+/m0/s1. The summed E-state index contributed by atoms with van der Waals surface area (Å²) in [5, 5.41) is 10.1. The molecule has 1 aliphatic rings. The Kier molecular flexibility index (Phi) is 7.55. The van der Waals surface area contributed by atoms with Gasteiger partial charge >= 0.3 is 0 Å². The Balaban J connectivity index is 1.97. The van der Waals surface area contributed by atoms with Crippen molar-refractivity contribution in [3.63, 3.8) is 0 Å². The van der Waals surface area contributed by atoms with Crippen LogP contribution in [0.5, 0.6) is 0 Å². The first kappa shape index (κ1) is 20.8. The third kappa shape index (κ3) is 6.03. The number of ether oxygens (including phenoxy) is 1. The molecule has 2 rings (SSSR count). The van der Waals surface area contributed by atoms with Gasteiger partial charge in [-0.3, -0.25) is 0 Å². The summed E-state index contributed by atoms with van der Waals surface area (Å²) in [6, 6.07) is 1.83. The van der Waals surface area contributed by atoms with E-state index in [0.717, 1.165) is 5.82 Å². The maximum atomic E-state index is 14.1. The third-order valence-electron chi connectivity index (χ3n) is 4.35. The molecule has 0 spiro atoms. The Morgan fingerprint density at radius 1 is 1.38 bits per heavy atom. The molecule has 26 heavy (non-hydrogen) atoms. The van der Waals surface area contributed by atoms with Crippen molar-refractivity contribution in [2.75, 3.05) is 57.2 Å². The minimum absolute atomic E-state index is 0.0122. The SMILES string of the molecule is CC(C)OC[C@H](O)CN(C)C[C@@H]1C[C@H](F)CN1c1ccnc(N(C)C)n1. The lowest BCUT2D eigenvalue weighted by Gasteiger charge is -2.30. The summed E-state index contributed by atoms with van der Waals surface area (Å²) in [5.41, 5.74) is 0. The van der Waals surface area contributed by atoms with Crippen molar-refractivity contribution in [2.45, 2.75) is 44.7 Å². The normalized spacial score (nSPS) is 21.7. The number of aliphatic hydroxyl groups is 1. The van der Waals surface area contributed by atoms with Crippen molar-refractivity contribution in [3.8, 4) is 0 Å². The van der Waals surface area contributed by atoms with Crippen LogP contribution in [-0.2, 0) is 4.74 Å². The summed E-state index contributed by atoms with van der Waals surface area (Å²) in [7, 11) is 5.70. The van der Waals surface area contributed by atoms with Gasteiger partial charge in [-0.2, -0.15) is 4.98 Å². The Morgan fingerprint density at radius 3 is 2.77 bits per heavy atom. The van der Waals surface area contributed by atoms with E-state index in [2.05, 4.69) is 9.97 Å². The van der Waals surface area contributed by atoms with Crippen LogP contribution in [-0.4, -0.2) is 91.8 Å². The van der Waals surface area contributed by atoms with E-state index in [1.54, 1.807) is 6.20 Å². The molecule has 148 valence electrons. The molecule has 1 fully saturated rings. The topological polar surface area (TPSA) is 65.0 Å². The van der Waals surface area contributed by atoms with Gasteiger partial charge in [0.15, 0.2) is 0 Å².